The molecule has 0 fully saturated rings. The second-order valence-corrected chi connectivity index (χ2v) is 6.21. The van der Waals surface area contributed by atoms with Gasteiger partial charge in [-0.25, -0.2) is 4.79 Å². The van der Waals surface area contributed by atoms with Gasteiger partial charge in [0.25, 0.3) is 5.56 Å². The van der Waals surface area contributed by atoms with E-state index in [9.17, 15) is 9.59 Å². The number of aromatic nitrogens is 3. The van der Waals surface area contributed by atoms with Crippen LogP contribution in [-0.2, 0) is 16.3 Å². The van der Waals surface area contributed by atoms with Crippen LogP contribution in [0.25, 0.3) is 17.0 Å². The topological polar surface area (TPSA) is 92.5 Å². The molecular formula is C20H18ClN3O5. The molecule has 0 radical (unpaired) electrons. The van der Waals surface area contributed by atoms with Gasteiger partial charge in [-0.05, 0) is 42.8 Å². The van der Waals surface area contributed by atoms with E-state index < -0.39 is 11.5 Å². The number of carbonyl (C=O) groups is 1. The van der Waals surface area contributed by atoms with Crippen molar-refractivity contribution in [3.8, 4) is 11.5 Å². The second kappa shape index (κ2) is 9.20. The van der Waals surface area contributed by atoms with Gasteiger partial charge in [0.05, 0.1) is 24.1 Å². The number of carbonyl (C=O) groups excluding carboxylic acids is 1. The number of hydrogen-bond acceptors (Lipinski definition) is 7. The Bertz CT molecular complexity index is 1130. The first-order valence-corrected chi connectivity index (χ1v) is 9.09. The molecule has 0 saturated heterocycles. The number of benzene rings is 2. The molecule has 3 rings (SSSR count). The lowest BCUT2D eigenvalue weighted by molar-refractivity contribution is -0.141. The van der Waals surface area contributed by atoms with Gasteiger partial charge in [-0.3, -0.25) is 4.79 Å². The predicted molar refractivity (Wildman–Crippen MR) is 108 cm³/mol. The lowest BCUT2D eigenvalue weighted by Crippen LogP contribution is -2.26. The fraction of sp³-hybridized carbons (Fsp3) is 0.200. The third-order valence-corrected chi connectivity index (χ3v) is 4.19. The highest BCUT2D eigenvalue weighted by Crippen LogP contribution is 2.36. The van der Waals surface area contributed by atoms with Crippen molar-refractivity contribution >= 4 is 34.5 Å². The Morgan fingerprint density at radius 1 is 1.28 bits per heavy atom. The molecule has 0 aliphatic rings. The summed E-state index contributed by atoms with van der Waals surface area (Å²) < 4.78 is 16.8. The van der Waals surface area contributed by atoms with Crippen molar-refractivity contribution in [3.63, 3.8) is 0 Å². The Kier molecular flexibility index (Phi) is 6.46. The quantitative estimate of drug-likeness (QED) is 0.432. The lowest BCUT2D eigenvalue weighted by atomic mass is 10.2. The third kappa shape index (κ3) is 4.72. The molecule has 8 nitrogen and oxygen atoms in total. The summed E-state index contributed by atoms with van der Waals surface area (Å²) in [5.74, 6) is 0.229. The minimum atomic E-state index is -0.656. The average Bonchev–Trinajstić information content (AvgIpc) is 2.72. The molecule has 0 bridgehead atoms. The molecule has 0 spiro atoms. The third-order valence-electron chi connectivity index (χ3n) is 3.91. The molecule has 1 aromatic heterocycles. The summed E-state index contributed by atoms with van der Waals surface area (Å²) in [6.45, 7) is 1.92. The summed E-state index contributed by atoms with van der Waals surface area (Å²) in [4.78, 5) is 24.3. The van der Waals surface area contributed by atoms with Gasteiger partial charge < -0.3 is 14.2 Å². The Morgan fingerprint density at radius 3 is 2.83 bits per heavy atom. The maximum Gasteiger partial charge on any atom is 0.332 e. The number of rotatable bonds is 7. The first kappa shape index (κ1) is 20.3. The fourth-order valence-corrected chi connectivity index (χ4v) is 2.89. The highest BCUT2D eigenvalue weighted by atomic mass is 35.5. The normalized spacial score (nSPS) is 11.0. The molecule has 9 heteroatoms. The Labute approximate surface area is 171 Å². The molecule has 150 valence electrons. The van der Waals surface area contributed by atoms with E-state index in [0.29, 0.717) is 39.6 Å². The van der Waals surface area contributed by atoms with Gasteiger partial charge in [0.1, 0.15) is 5.52 Å². The van der Waals surface area contributed by atoms with Gasteiger partial charge in [-0.1, -0.05) is 28.9 Å². The molecule has 0 unspecified atom stereocenters. The van der Waals surface area contributed by atoms with Crippen LogP contribution in [0.2, 0.25) is 5.02 Å². The van der Waals surface area contributed by atoms with Crippen LogP contribution in [0.15, 0.2) is 47.3 Å². The van der Waals surface area contributed by atoms with Crippen LogP contribution in [0.5, 0.6) is 11.5 Å². The van der Waals surface area contributed by atoms with Crippen molar-refractivity contribution in [1.29, 1.82) is 0 Å². The molecular weight excluding hydrogens is 398 g/mol. The lowest BCUT2D eigenvalue weighted by Gasteiger charge is -2.11. The average molecular weight is 416 g/mol. The molecule has 0 aliphatic heterocycles. The van der Waals surface area contributed by atoms with Crippen molar-refractivity contribution < 1.29 is 19.0 Å². The minimum Gasteiger partial charge on any atom is -0.491 e. The summed E-state index contributed by atoms with van der Waals surface area (Å²) >= 11 is 6.18. The van der Waals surface area contributed by atoms with Crippen molar-refractivity contribution in [3.05, 3.63) is 63.4 Å². The summed E-state index contributed by atoms with van der Waals surface area (Å²) in [7, 11) is 1.49. The van der Waals surface area contributed by atoms with Crippen LogP contribution in [-0.4, -0.2) is 34.7 Å². The Morgan fingerprint density at radius 2 is 2.07 bits per heavy atom. The fourth-order valence-electron chi connectivity index (χ4n) is 2.59. The largest absolute Gasteiger partial charge is 0.491 e. The zero-order chi connectivity index (χ0) is 20.8. The molecule has 3 aromatic rings. The van der Waals surface area contributed by atoms with Crippen molar-refractivity contribution in [1.82, 2.24) is 15.0 Å². The van der Waals surface area contributed by atoms with E-state index >= 15 is 0 Å². The van der Waals surface area contributed by atoms with Gasteiger partial charge in [0.15, 0.2) is 18.2 Å². The van der Waals surface area contributed by atoms with Crippen LogP contribution >= 0.6 is 11.6 Å². The summed E-state index contributed by atoms with van der Waals surface area (Å²) in [5, 5.41) is 8.44. The van der Waals surface area contributed by atoms with Crippen molar-refractivity contribution in [2.45, 2.75) is 13.7 Å². The monoisotopic (exact) mass is 415 g/mol. The van der Waals surface area contributed by atoms with E-state index in [1.807, 2.05) is 6.92 Å². The maximum atomic E-state index is 12.3. The summed E-state index contributed by atoms with van der Waals surface area (Å²) in [6.07, 6.45) is 2.73. The standard InChI is InChI=1S/C20H18ClN3O5/c1-3-28-17-11-13(10-15(21)19(17)27-2)8-9-18(25)29-12-24-20(26)14-6-4-5-7-16(14)22-23-24/h4-11H,3,12H2,1-2H3. The molecule has 1 heterocycles. The number of esters is 1. The molecule has 0 N–H and O–H groups in total. The first-order valence-electron chi connectivity index (χ1n) is 8.71. The second-order valence-electron chi connectivity index (χ2n) is 5.80. The number of nitrogens with zero attached hydrogens (tertiary/aromatic N) is 3. The van der Waals surface area contributed by atoms with Crippen LogP contribution in [0, 0.1) is 0 Å². The number of methoxy groups -OCH3 is 1. The van der Waals surface area contributed by atoms with Gasteiger partial charge >= 0.3 is 5.97 Å². The van der Waals surface area contributed by atoms with E-state index in [-0.39, 0.29) is 6.73 Å². The number of ether oxygens (including phenoxy) is 3. The van der Waals surface area contributed by atoms with Gasteiger partial charge in [0, 0.05) is 6.08 Å². The van der Waals surface area contributed by atoms with Crippen molar-refractivity contribution in [2.24, 2.45) is 0 Å². The van der Waals surface area contributed by atoms with Crippen LogP contribution in [0.4, 0.5) is 0 Å². The number of hydrogen-bond donors (Lipinski definition) is 0. The molecule has 0 saturated carbocycles. The highest BCUT2D eigenvalue weighted by Gasteiger charge is 2.11. The Hall–Kier alpha value is -3.39. The first-order chi connectivity index (χ1) is 14.0. The van der Waals surface area contributed by atoms with Crippen LogP contribution < -0.4 is 15.0 Å². The highest BCUT2D eigenvalue weighted by molar-refractivity contribution is 6.32. The molecule has 0 atom stereocenters. The van der Waals surface area contributed by atoms with E-state index in [1.165, 1.54) is 19.3 Å². The van der Waals surface area contributed by atoms with Crippen LogP contribution in [0.3, 0.4) is 0 Å². The van der Waals surface area contributed by atoms with Crippen LogP contribution in [0.1, 0.15) is 12.5 Å². The smallest absolute Gasteiger partial charge is 0.332 e. The van der Waals surface area contributed by atoms with E-state index in [2.05, 4.69) is 10.3 Å². The van der Waals surface area contributed by atoms with Gasteiger partial charge in [-0.2, -0.15) is 4.68 Å². The van der Waals surface area contributed by atoms with E-state index in [0.717, 1.165) is 4.68 Å². The molecule has 0 aliphatic carbocycles. The zero-order valence-electron chi connectivity index (χ0n) is 15.8. The summed E-state index contributed by atoms with van der Waals surface area (Å²) in [6, 6.07) is 10.1. The van der Waals surface area contributed by atoms with E-state index in [1.54, 1.807) is 36.4 Å². The number of halogens is 1. The van der Waals surface area contributed by atoms with Gasteiger partial charge in [-0.15, -0.1) is 5.10 Å². The SMILES string of the molecule is CCOc1cc(C=CC(=O)OCn2nnc3ccccc3c2=O)cc(Cl)c1OC. The van der Waals surface area contributed by atoms with Gasteiger partial charge in [0.2, 0.25) is 0 Å². The van der Waals surface area contributed by atoms with Crippen molar-refractivity contribution in [2.75, 3.05) is 13.7 Å². The van der Waals surface area contributed by atoms with E-state index in [4.69, 9.17) is 25.8 Å². The molecule has 0 amide bonds. The summed E-state index contributed by atoms with van der Waals surface area (Å²) in [5.41, 5.74) is 0.705. The zero-order valence-corrected chi connectivity index (χ0v) is 16.5. The minimum absolute atomic E-state index is 0.351. The number of fused-ring (bicyclic) bond motifs is 1. The Balaban J connectivity index is 1.70. The molecule has 29 heavy (non-hydrogen) atoms. The molecule has 2 aromatic carbocycles. The maximum absolute atomic E-state index is 12.3. The predicted octanol–water partition coefficient (Wildman–Crippen LogP) is 3.07.